The number of hydrogen-bond donors (Lipinski definition) is 1. The SMILES string of the molecule is Cc1ccc(NC(=O)c2cc(S(C)(=O)=O)ccc2Cl)nc1. The molecule has 0 aliphatic heterocycles. The molecule has 1 heterocycles. The molecule has 0 saturated carbocycles. The van der Waals surface area contributed by atoms with Gasteiger partial charge in [0.2, 0.25) is 0 Å². The predicted molar refractivity (Wildman–Crippen MR) is 81.5 cm³/mol. The summed E-state index contributed by atoms with van der Waals surface area (Å²) < 4.78 is 23.1. The molecule has 21 heavy (non-hydrogen) atoms. The fourth-order valence-electron chi connectivity index (χ4n) is 1.63. The summed E-state index contributed by atoms with van der Waals surface area (Å²) in [6.45, 7) is 1.88. The molecule has 0 spiro atoms. The summed E-state index contributed by atoms with van der Waals surface area (Å²) in [5, 5.41) is 2.75. The van der Waals surface area contributed by atoms with Crippen molar-refractivity contribution in [2.75, 3.05) is 11.6 Å². The number of aromatic nitrogens is 1. The van der Waals surface area contributed by atoms with Gasteiger partial charge < -0.3 is 5.32 Å². The van der Waals surface area contributed by atoms with Gasteiger partial charge >= 0.3 is 0 Å². The minimum absolute atomic E-state index is 0.0360. The molecule has 7 heteroatoms. The average Bonchev–Trinajstić information content (AvgIpc) is 2.40. The first-order valence-corrected chi connectivity index (χ1v) is 8.28. The van der Waals surface area contributed by atoms with E-state index in [0.717, 1.165) is 11.8 Å². The number of sulfone groups is 1. The number of benzene rings is 1. The molecule has 0 unspecified atom stereocenters. The zero-order chi connectivity index (χ0) is 15.6. The summed E-state index contributed by atoms with van der Waals surface area (Å²) in [7, 11) is -3.41. The summed E-state index contributed by atoms with van der Waals surface area (Å²) >= 11 is 5.96. The largest absolute Gasteiger partial charge is 0.307 e. The van der Waals surface area contributed by atoms with E-state index >= 15 is 0 Å². The number of nitrogens with zero attached hydrogens (tertiary/aromatic N) is 1. The topological polar surface area (TPSA) is 76.1 Å². The van der Waals surface area contributed by atoms with Gasteiger partial charge in [0, 0.05) is 12.5 Å². The van der Waals surface area contributed by atoms with Gasteiger partial charge in [-0.2, -0.15) is 0 Å². The number of carbonyl (C=O) groups excluding carboxylic acids is 1. The fourth-order valence-corrected chi connectivity index (χ4v) is 2.48. The number of rotatable bonds is 3. The molecule has 0 bridgehead atoms. The Morgan fingerprint density at radius 3 is 2.52 bits per heavy atom. The van der Waals surface area contributed by atoms with Crippen molar-refractivity contribution in [1.29, 1.82) is 0 Å². The highest BCUT2D eigenvalue weighted by Crippen LogP contribution is 2.21. The van der Waals surface area contributed by atoms with Gasteiger partial charge in [-0.05, 0) is 36.8 Å². The molecule has 0 aliphatic rings. The third-order valence-corrected chi connectivity index (χ3v) is 4.20. The number of amides is 1. The molecule has 0 aliphatic carbocycles. The van der Waals surface area contributed by atoms with Crippen molar-refractivity contribution in [3.8, 4) is 0 Å². The van der Waals surface area contributed by atoms with E-state index in [0.29, 0.717) is 5.82 Å². The quantitative estimate of drug-likeness (QED) is 0.941. The van der Waals surface area contributed by atoms with E-state index in [2.05, 4.69) is 10.3 Å². The predicted octanol–water partition coefficient (Wildman–Crippen LogP) is 2.70. The van der Waals surface area contributed by atoms with Gasteiger partial charge in [0.15, 0.2) is 9.84 Å². The van der Waals surface area contributed by atoms with E-state index in [9.17, 15) is 13.2 Å². The number of anilines is 1. The maximum absolute atomic E-state index is 12.2. The fraction of sp³-hybridized carbons (Fsp3) is 0.143. The van der Waals surface area contributed by atoms with Crippen LogP contribution in [0.1, 0.15) is 15.9 Å². The monoisotopic (exact) mass is 324 g/mol. The lowest BCUT2D eigenvalue weighted by molar-refractivity contribution is 0.102. The van der Waals surface area contributed by atoms with Crippen molar-refractivity contribution in [3.63, 3.8) is 0 Å². The molecule has 2 aromatic rings. The van der Waals surface area contributed by atoms with Gasteiger partial charge in [-0.25, -0.2) is 13.4 Å². The van der Waals surface area contributed by atoms with Crippen molar-refractivity contribution in [2.45, 2.75) is 11.8 Å². The molecular weight excluding hydrogens is 312 g/mol. The van der Waals surface area contributed by atoms with Crippen molar-refractivity contribution in [2.24, 2.45) is 0 Å². The summed E-state index contributed by atoms with van der Waals surface area (Å²) in [4.78, 5) is 16.3. The number of carbonyl (C=O) groups is 1. The Morgan fingerprint density at radius 1 is 1.24 bits per heavy atom. The molecule has 1 amide bonds. The second kappa shape index (κ2) is 5.83. The molecule has 1 aromatic heterocycles. The van der Waals surface area contributed by atoms with E-state index in [1.807, 2.05) is 6.92 Å². The molecule has 0 saturated heterocycles. The van der Waals surface area contributed by atoms with Crippen LogP contribution in [0.2, 0.25) is 5.02 Å². The Bertz CT molecular complexity index is 786. The molecule has 1 N–H and O–H groups in total. The lowest BCUT2D eigenvalue weighted by Gasteiger charge is -2.08. The molecule has 110 valence electrons. The smallest absolute Gasteiger partial charge is 0.258 e. The normalized spacial score (nSPS) is 11.2. The first-order chi connectivity index (χ1) is 9.77. The van der Waals surface area contributed by atoms with Crippen LogP contribution in [-0.4, -0.2) is 25.6 Å². The van der Waals surface area contributed by atoms with Crippen LogP contribution in [0.3, 0.4) is 0 Å². The highest BCUT2D eigenvalue weighted by molar-refractivity contribution is 7.90. The molecule has 1 aromatic carbocycles. The molecule has 0 fully saturated rings. The summed E-state index contributed by atoms with van der Waals surface area (Å²) in [6.07, 6.45) is 2.68. The van der Waals surface area contributed by atoms with Gasteiger partial charge in [0.1, 0.15) is 5.82 Å². The summed E-state index contributed by atoms with van der Waals surface area (Å²) in [5.41, 5.74) is 1.05. The first kappa shape index (κ1) is 15.5. The van der Waals surface area contributed by atoms with Crippen LogP contribution in [0.15, 0.2) is 41.4 Å². The van der Waals surface area contributed by atoms with E-state index in [1.165, 1.54) is 18.2 Å². The molecule has 2 rings (SSSR count). The Balaban J connectivity index is 2.32. The molecule has 0 atom stereocenters. The van der Waals surface area contributed by atoms with Crippen LogP contribution in [0.5, 0.6) is 0 Å². The minimum atomic E-state index is -3.41. The highest BCUT2D eigenvalue weighted by atomic mass is 35.5. The molecule has 5 nitrogen and oxygen atoms in total. The number of hydrogen-bond acceptors (Lipinski definition) is 4. The first-order valence-electron chi connectivity index (χ1n) is 6.01. The van der Waals surface area contributed by atoms with Gasteiger partial charge in [0.25, 0.3) is 5.91 Å². The second-order valence-electron chi connectivity index (χ2n) is 4.59. The summed E-state index contributed by atoms with van der Waals surface area (Å²) in [5.74, 6) is -0.145. The lowest BCUT2D eigenvalue weighted by atomic mass is 10.2. The van der Waals surface area contributed by atoms with Crippen LogP contribution < -0.4 is 5.32 Å². The van der Waals surface area contributed by atoms with Crippen LogP contribution in [-0.2, 0) is 9.84 Å². The Morgan fingerprint density at radius 2 is 1.95 bits per heavy atom. The molecular formula is C14H13ClN2O3S. The maximum Gasteiger partial charge on any atom is 0.258 e. The van der Waals surface area contributed by atoms with Crippen LogP contribution >= 0.6 is 11.6 Å². The van der Waals surface area contributed by atoms with Crippen LogP contribution in [0, 0.1) is 6.92 Å². The Hall–Kier alpha value is -1.92. The molecule has 0 radical (unpaired) electrons. The lowest BCUT2D eigenvalue weighted by Crippen LogP contribution is -2.14. The Labute approximate surface area is 127 Å². The number of halogens is 1. The van der Waals surface area contributed by atoms with Gasteiger partial charge in [-0.1, -0.05) is 17.7 Å². The van der Waals surface area contributed by atoms with Gasteiger partial charge in [-0.15, -0.1) is 0 Å². The third-order valence-electron chi connectivity index (χ3n) is 2.76. The number of nitrogens with one attached hydrogen (secondary N) is 1. The maximum atomic E-state index is 12.2. The zero-order valence-corrected chi connectivity index (χ0v) is 13.0. The third kappa shape index (κ3) is 3.80. The van der Waals surface area contributed by atoms with E-state index < -0.39 is 15.7 Å². The zero-order valence-electron chi connectivity index (χ0n) is 11.4. The van der Waals surface area contributed by atoms with Gasteiger partial charge in [-0.3, -0.25) is 4.79 Å². The van der Waals surface area contributed by atoms with E-state index in [1.54, 1.807) is 18.3 Å². The second-order valence-corrected chi connectivity index (χ2v) is 7.01. The number of aryl methyl sites for hydroxylation is 1. The van der Waals surface area contributed by atoms with Crippen molar-refractivity contribution < 1.29 is 13.2 Å². The van der Waals surface area contributed by atoms with E-state index in [-0.39, 0.29) is 15.5 Å². The van der Waals surface area contributed by atoms with Crippen molar-refractivity contribution in [1.82, 2.24) is 4.98 Å². The van der Waals surface area contributed by atoms with Gasteiger partial charge in [0.05, 0.1) is 15.5 Å². The van der Waals surface area contributed by atoms with Crippen LogP contribution in [0.25, 0.3) is 0 Å². The average molecular weight is 325 g/mol. The van der Waals surface area contributed by atoms with Crippen molar-refractivity contribution >= 4 is 33.2 Å². The standard InChI is InChI=1S/C14H13ClN2O3S/c1-9-3-6-13(16-8-9)17-14(18)11-7-10(21(2,19)20)4-5-12(11)15/h3-8H,1-2H3,(H,16,17,18). The van der Waals surface area contributed by atoms with E-state index in [4.69, 9.17) is 11.6 Å². The minimum Gasteiger partial charge on any atom is -0.307 e. The Kier molecular flexibility index (Phi) is 4.29. The van der Waals surface area contributed by atoms with Crippen molar-refractivity contribution in [3.05, 3.63) is 52.7 Å². The summed E-state index contributed by atoms with van der Waals surface area (Å²) in [6, 6.07) is 7.45. The van der Waals surface area contributed by atoms with Crippen LogP contribution in [0.4, 0.5) is 5.82 Å². The highest BCUT2D eigenvalue weighted by Gasteiger charge is 2.15. The number of pyridine rings is 1.